The number of furan rings is 1. The van der Waals surface area contributed by atoms with E-state index in [0.717, 1.165) is 22.3 Å². The molecule has 0 atom stereocenters. The van der Waals surface area contributed by atoms with Gasteiger partial charge in [-0.25, -0.2) is 0 Å². The van der Waals surface area contributed by atoms with Crippen LogP contribution in [0.15, 0.2) is 16.5 Å². The second kappa shape index (κ2) is 2.93. The summed E-state index contributed by atoms with van der Waals surface area (Å²) in [7, 11) is 0. The molecule has 0 saturated carbocycles. The molecule has 0 spiro atoms. The summed E-state index contributed by atoms with van der Waals surface area (Å²) in [5.41, 5.74) is 1.82. The Hall–Kier alpha value is -0.660. The number of hydrogen-bond acceptors (Lipinski definition) is 1. The van der Waals surface area contributed by atoms with E-state index in [9.17, 15) is 0 Å². The van der Waals surface area contributed by atoms with Crippen LogP contribution in [0.25, 0.3) is 11.0 Å². The van der Waals surface area contributed by atoms with E-state index in [1.54, 1.807) is 6.07 Å². The molecule has 0 aliphatic carbocycles. The molecule has 1 nitrogen and oxygen atoms in total. The molecule has 0 N–H and O–H groups in total. The third kappa shape index (κ3) is 1.32. The van der Waals surface area contributed by atoms with E-state index in [-0.39, 0.29) is 0 Å². The van der Waals surface area contributed by atoms with Gasteiger partial charge in [0.2, 0.25) is 0 Å². The van der Waals surface area contributed by atoms with Crippen LogP contribution in [0.5, 0.6) is 0 Å². The second-order valence-corrected chi connectivity index (χ2v) is 3.89. The maximum atomic E-state index is 5.97. The lowest BCUT2D eigenvalue weighted by molar-refractivity contribution is 0.575. The average molecular weight is 215 g/mol. The molecule has 1 aromatic carbocycles. The summed E-state index contributed by atoms with van der Waals surface area (Å²) in [5.74, 6) is 0.888. The van der Waals surface area contributed by atoms with Gasteiger partial charge in [-0.1, -0.05) is 23.2 Å². The molecule has 0 amide bonds. The smallest absolute Gasteiger partial charge is 0.153 e. The van der Waals surface area contributed by atoms with Crippen molar-refractivity contribution in [3.05, 3.63) is 33.5 Å². The van der Waals surface area contributed by atoms with Crippen LogP contribution in [0.3, 0.4) is 0 Å². The molecule has 0 fully saturated rings. The first kappa shape index (κ1) is 8.92. The molecule has 0 bridgehead atoms. The van der Waals surface area contributed by atoms with Crippen LogP contribution < -0.4 is 0 Å². The van der Waals surface area contributed by atoms with Crippen LogP contribution in [0.2, 0.25) is 10.0 Å². The van der Waals surface area contributed by atoms with Crippen LogP contribution in [-0.4, -0.2) is 0 Å². The van der Waals surface area contributed by atoms with E-state index >= 15 is 0 Å². The maximum absolute atomic E-state index is 5.97. The van der Waals surface area contributed by atoms with Gasteiger partial charge in [-0.2, -0.15) is 0 Å². The Morgan fingerprint density at radius 3 is 2.54 bits per heavy atom. The average Bonchev–Trinajstić information content (AvgIpc) is 2.32. The number of hydrogen-bond donors (Lipinski definition) is 0. The number of halogens is 2. The third-order valence-corrected chi connectivity index (χ3v) is 2.69. The maximum Gasteiger partial charge on any atom is 0.153 e. The van der Waals surface area contributed by atoms with Crippen molar-refractivity contribution in [1.82, 2.24) is 0 Å². The van der Waals surface area contributed by atoms with E-state index in [0.29, 0.717) is 10.0 Å². The molecule has 68 valence electrons. The van der Waals surface area contributed by atoms with Gasteiger partial charge in [-0.05, 0) is 31.5 Å². The third-order valence-electron chi connectivity index (χ3n) is 2.20. The summed E-state index contributed by atoms with van der Waals surface area (Å²) >= 11 is 11.8. The fourth-order valence-corrected chi connectivity index (χ4v) is 1.89. The predicted molar refractivity (Wildman–Crippen MR) is 55.7 cm³/mol. The van der Waals surface area contributed by atoms with Crippen LogP contribution in [-0.2, 0) is 0 Å². The molecule has 3 heteroatoms. The highest BCUT2D eigenvalue weighted by Crippen LogP contribution is 2.33. The standard InChI is InChI=1S/C10H8Cl2O/c1-5-6(2)13-10-8(5)3-7(11)4-9(10)12/h3-4H,1-2H3. The zero-order valence-corrected chi connectivity index (χ0v) is 8.83. The Kier molecular flexibility index (Phi) is 2.01. The second-order valence-electron chi connectivity index (χ2n) is 3.05. The van der Waals surface area contributed by atoms with Gasteiger partial charge < -0.3 is 4.42 Å². The van der Waals surface area contributed by atoms with Crippen molar-refractivity contribution in [2.24, 2.45) is 0 Å². The fraction of sp³-hybridized carbons (Fsp3) is 0.200. The molecule has 0 aliphatic heterocycles. The van der Waals surface area contributed by atoms with Crippen molar-refractivity contribution in [3.8, 4) is 0 Å². The Bertz CT molecular complexity index is 471. The van der Waals surface area contributed by atoms with Gasteiger partial charge in [-0.3, -0.25) is 0 Å². The Labute approximate surface area is 86.2 Å². The molecule has 2 rings (SSSR count). The van der Waals surface area contributed by atoms with Gasteiger partial charge in [0.05, 0.1) is 5.02 Å². The number of rotatable bonds is 0. The van der Waals surface area contributed by atoms with Crippen molar-refractivity contribution >= 4 is 34.2 Å². The van der Waals surface area contributed by atoms with Gasteiger partial charge in [0.1, 0.15) is 5.76 Å². The van der Waals surface area contributed by atoms with E-state index in [1.165, 1.54) is 0 Å². The summed E-state index contributed by atoms with van der Waals surface area (Å²) in [6, 6.07) is 3.56. The lowest BCUT2D eigenvalue weighted by Gasteiger charge is -1.94. The molecule has 2 aromatic rings. The van der Waals surface area contributed by atoms with Crippen molar-refractivity contribution < 1.29 is 4.42 Å². The van der Waals surface area contributed by atoms with Gasteiger partial charge in [-0.15, -0.1) is 0 Å². The van der Waals surface area contributed by atoms with Crippen molar-refractivity contribution in [2.45, 2.75) is 13.8 Å². The monoisotopic (exact) mass is 214 g/mol. The fourth-order valence-electron chi connectivity index (χ4n) is 1.36. The highest BCUT2D eigenvalue weighted by atomic mass is 35.5. The number of aryl methyl sites for hydroxylation is 2. The summed E-state index contributed by atoms with van der Waals surface area (Å²) < 4.78 is 5.49. The van der Waals surface area contributed by atoms with E-state index < -0.39 is 0 Å². The minimum absolute atomic E-state index is 0.568. The van der Waals surface area contributed by atoms with Crippen LogP contribution in [0.1, 0.15) is 11.3 Å². The minimum Gasteiger partial charge on any atom is -0.460 e. The molecule has 1 heterocycles. The van der Waals surface area contributed by atoms with Gasteiger partial charge in [0.25, 0.3) is 0 Å². The van der Waals surface area contributed by atoms with Crippen molar-refractivity contribution in [1.29, 1.82) is 0 Å². The normalized spacial score (nSPS) is 11.1. The Morgan fingerprint density at radius 2 is 1.85 bits per heavy atom. The summed E-state index contributed by atoms with van der Waals surface area (Å²) in [6.07, 6.45) is 0. The first-order valence-corrected chi connectivity index (χ1v) is 4.70. The predicted octanol–water partition coefficient (Wildman–Crippen LogP) is 4.36. The topological polar surface area (TPSA) is 13.1 Å². The van der Waals surface area contributed by atoms with Gasteiger partial charge in [0.15, 0.2) is 5.58 Å². The molecule has 0 radical (unpaired) electrons. The largest absolute Gasteiger partial charge is 0.460 e. The molecule has 0 aliphatic rings. The molecular formula is C10H8Cl2O. The molecular weight excluding hydrogens is 207 g/mol. The molecule has 0 saturated heterocycles. The van der Waals surface area contributed by atoms with Crippen molar-refractivity contribution in [2.75, 3.05) is 0 Å². The zero-order valence-electron chi connectivity index (χ0n) is 7.32. The highest BCUT2D eigenvalue weighted by molar-refractivity contribution is 6.38. The lowest BCUT2D eigenvalue weighted by Crippen LogP contribution is -1.72. The quantitative estimate of drug-likeness (QED) is 0.636. The van der Waals surface area contributed by atoms with Crippen LogP contribution >= 0.6 is 23.2 Å². The summed E-state index contributed by atoms with van der Waals surface area (Å²) in [4.78, 5) is 0. The summed E-state index contributed by atoms with van der Waals surface area (Å²) in [5, 5.41) is 2.20. The van der Waals surface area contributed by atoms with Crippen molar-refractivity contribution in [3.63, 3.8) is 0 Å². The first-order valence-electron chi connectivity index (χ1n) is 3.94. The number of benzene rings is 1. The van der Waals surface area contributed by atoms with E-state index in [1.807, 2.05) is 19.9 Å². The minimum atomic E-state index is 0.568. The Balaban J connectivity index is 2.94. The van der Waals surface area contributed by atoms with Crippen LogP contribution in [0, 0.1) is 13.8 Å². The SMILES string of the molecule is Cc1oc2c(Cl)cc(Cl)cc2c1C. The van der Waals surface area contributed by atoms with Crippen LogP contribution in [0.4, 0.5) is 0 Å². The van der Waals surface area contributed by atoms with E-state index in [4.69, 9.17) is 27.6 Å². The highest BCUT2D eigenvalue weighted by Gasteiger charge is 2.10. The number of fused-ring (bicyclic) bond motifs is 1. The van der Waals surface area contributed by atoms with Gasteiger partial charge >= 0.3 is 0 Å². The molecule has 0 unspecified atom stereocenters. The molecule has 13 heavy (non-hydrogen) atoms. The first-order chi connectivity index (χ1) is 6.09. The van der Waals surface area contributed by atoms with Gasteiger partial charge in [0, 0.05) is 10.4 Å². The summed E-state index contributed by atoms with van der Waals surface area (Å²) in [6.45, 7) is 3.91. The Morgan fingerprint density at radius 1 is 1.15 bits per heavy atom. The molecule has 1 aromatic heterocycles. The van der Waals surface area contributed by atoms with E-state index in [2.05, 4.69) is 0 Å². The lowest BCUT2D eigenvalue weighted by atomic mass is 10.1. The zero-order chi connectivity index (χ0) is 9.59.